The van der Waals surface area contributed by atoms with Crippen molar-refractivity contribution in [2.24, 2.45) is 7.05 Å². The fraction of sp³-hybridized carbons (Fsp3) is 0.231. The molecule has 3 rings (SSSR count). The highest BCUT2D eigenvalue weighted by molar-refractivity contribution is 5.80. The number of nitrogens with one attached hydrogen (secondary N) is 1. The highest BCUT2D eigenvalue weighted by atomic mass is 16.4. The van der Waals surface area contributed by atoms with E-state index in [2.05, 4.69) is 10.3 Å². The summed E-state index contributed by atoms with van der Waals surface area (Å²) in [6.45, 7) is 1.85. The summed E-state index contributed by atoms with van der Waals surface area (Å²) in [5, 5.41) is 2.86. The molecular weight excluding hydrogens is 246 g/mol. The Bertz CT molecular complexity index is 810. The van der Waals surface area contributed by atoms with Crippen molar-refractivity contribution in [1.82, 2.24) is 9.55 Å². The van der Waals surface area contributed by atoms with Crippen LogP contribution in [0.15, 0.2) is 31.8 Å². The average molecular weight is 259 g/mol. The third-order valence-electron chi connectivity index (χ3n) is 3.08. The molecule has 19 heavy (non-hydrogen) atoms. The molecule has 6 nitrogen and oxygen atoms in total. The lowest BCUT2D eigenvalue weighted by Crippen LogP contribution is -2.08. The number of nitrogens with zero attached hydrogens (tertiary/aromatic N) is 2. The molecule has 3 aromatic rings. The maximum Gasteiger partial charge on any atom is 0.419 e. The van der Waals surface area contributed by atoms with Crippen LogP contribution in [0, 0.1) is 6.92 Å². The third kappa shape index (κ3) is 1.72. The molecule has 0 aliphatic rings. The van der Waals surface area contributed by atoms with Gasteiger partial charge in [-0.3, -0.25) is 4.57 Å². The highest BCUT2D eigenvalue weighted by Gasteiger charge is 2.13. The van der Waals surface area contributed by atoms with Crippen LogP contribution >= 0.6 is 0 Å². The number of aryl methyl sites for hydroxylation is 2. The summed E-state index contributed by atoms with van der Waals surface area (Å²) in [6, 6.07) is 5.95. The SMILES string of the molecule is CNc1nc(-c2ccc3oc(=O)n(C)c3c2)c(C)o1. The number of anilines is 1. The first kappa shape index (κ1) is 11.6. The van der Waals surface area contributed by atoms with E-state index in [1.807, 2.05) is 19.1 Å². The van der Waals surface area contributed by atoms with Crippen molar-refractivity contribution in [2.45, 2.75) is 6.92 Å². The molecule has 0 amide bonds. The lowest BCUT2D eigenvalue weighted by Gasteiger charge is -1.98. The topological polar surface area (TPSA) is 73.2 Å². The van der Waals surface area contributed by atoms with E-state index in [-0.39, 0.29) is 5.76 Å². The first-order valence-corrected chi connectivity index (χ1v) is 5.85. The minimum atomic E-state index is -0.375. The van der Waals surface area contributed by atoms with Crippen molar-refractivity contribution in [3.8, 4) is 11.3 Å². The number of hydrogen-bond donors (Lipinski definition) is 1. The molecule has 0 saturated carbocycles. The van der Waals surface area contributed by atoms with E-state index < -0.39 is 0 Å². The van der Waals surface area contributed by atoms with Gasteiger partial charge in [-0.15, -0.1) is 0 Å². The van der Waals surface area contributed by atoms with E-state index in [0.29, 0.717) is 11.6 Å². The van der Waals surface area contributed by atoms with E-state index in [1.54, 1.807) is 20.2 Å². The molecule has 0 fully saturated rings. The average Bonchev–Trinajstić information content (AvgIpc) is 2.91. The lowest BCUT2D eigenvalue weighted by molar-refractivity contribution is 0.528. The number of rotatable bonds is 2. The summed E-state index contributed by atoms with van der Waals surface area (Å²) in [5.41, 5.74) is 2.92. The standard InChI is InChI=1S/C13H13N3O3/c1-7-11(15-12(14-2)18-7)8-4-5-10-9(6-8)16(3)13(17)19-10/h4-6H,1-3H3,(H,14,15). The monoisotopic (exact) mass is 259 g/mol. The second kappa shape index (κ2) is 4.01. The van der Waals surface area contributed by atoms with Gasteiger partial charge >= 0.3 is 5.76 Å². The molecule has 2 aromatic heterocycles. The Balaban J connectivity index is 2.22. The molecule has 0 unspecified atom stereocenters. The lowest BCUT2D eigenvalue weighted by atomic mass is 10.1. The van der Waals surface area contributed by atoms with E-state index in [9.17, 15) is 4.79 Å². The molecule has 6 heteroatoms. The van der Waals surface area contributed by atoms with Crippen LogP contribution in [0.5, 0.6) is 0 Å². The van der Waals surface area contributed by atoms with Crippen LogP contribution < -0.4 is 11.1 Å². The Morgan fingerprint density at radius 3 is 2.79 bits per heavy atom. The van der Waals surface area contributed by atoms with Crippen molar-refractivity contribution in [3.63, 3.8) is 0 Å². The molecule has 98 valence electrons. The number of aromatic nitrogens is 2. The first-order chi connectivity index (χ1) is 9.10. The van der Waals surface area contributed by atoms with Crippen molar-refractivity contribution in [1.29, 1.82) is 0 Å². The highest BCUT2D eigenvalue weighted by Crippen LogP contribution is 2.27. The van der Waals surface area contributed by atoms with Gasteiger partial charge in [-0.1, -0.05) is 0 Å². The second-order valence-corrected chi connectivity index (χ2v) is 4.28. The van der Waals surface area contributed by atoms with Crippen LogP contribution in [0.25, 0.3) is 22.4 Å². The number of oxazole rings is 2. The van der Waals surface area contributed by atoms with Gasteiger partial charge in [0.25, 0.3) is 6.01 Å². The van der Waals surface area contributed by atoms with Gasteiger partial charge in [-0.25, -0.2) is 4.79 Å². The summed E-state index contributed by atoms with van der Waals surface area (Å²) >= 11 is 0. The van der Waals surface area contributed by atoms with Gasteiger partial charge in [0, 0.05) is 19.7 Å². The van der Waals surface area contributed by atoms with Gasteiger partial charge in [0.15, 0.2) is 5.58 Å². The van der Waals surface area contributed by atoms with Gasteiger partial charge in [0.1, 0.15) is 11.5 Å². The van der Waals surface area contributed by atoms with E-state index in [0.717, 1.165) is 22.5 Å². The molecule has 0 atom stereocenters. The van der Waals surface area contributed by atoms with Crippen molar-refractivity contribution < 1.29 is 8.83 Å². The Kier molecular flexibility index (Phi) is 2.45. The smallest absolute Gasteiger partial charge is 0.419 e. The normalized spacial score (nSPS) is 11.1. The molecule has 0 bridgehead atoms. The van der Waals surface area contributed by atoms with E-state index in [1.165, 1.54) is 4.57 Å². The number of hydrogen-bond acceptors (Lipinski definition) is 5. The van der Waals surface area contributed by atoms with Gasteiger partial charge in [0.2, 0.25) is 0 Å². The van der Waals surface area contributed by atoms with Crippen LogP contribution in [-0.2, 0) is 7.05 Å². The fourth-order valence-electron chi connectivity index (χ4n) is 2.05. The minimum Gasteiger partial charge on any atom is -0.428 e. The molecule has 1 N–H and O–H groups in total. The third-order valence-corrected chi connectivity index (χ3v) is 3.08. The largest absolute Gasteiger partial charge is 0.428 e. The molecule has 0 spiro atoms. The summed E-state index contributed by atoms with van der Waals surface area (Å²) in [6.07, 6.45) is 0. The van der Waals surface area contributed by atoms with Crippen LogP contribution in [0.2, 0.25) is 0 Å². The molecule has 0 aliphatic carbocycles. The molecular formula is C13H13N3O3. The van der Waals surface area contributed by atoms with Crippen LogP contribution in [0.4, 0.5) is 6.01 Å². The summed E-state index contributed by atoms with van der Waals surface area (Å²) in [5.74, 6) is 0.345. The summed E-state index contributed by atoms with van der Waals surface area (Å²) < 4.78 is 12.0. The van der Waals surface area contributed by atoms with Crippen LogP contribution in [0.1, 0.15) is 5.76 Å². The Hall–Kier alpha value is -2.50. The van der Waals surface area contributed by atoms with Crippen LogP contribution in [0.3, 0.4) is 0 Å². The van der Waals surface area contributed by atoms with Crippen molar-refractivity contribution in [3.05, 3.63) is 34.5 Å². The first-order valence-electron chi connectivity index (χ1n) is 5.85. The minimum absolute atomic E-state index is 0.375. The number of benzene rings is 1. The van der Waals surface area contributed by atoms with Gasteiger partial charge in [0.05, 0.1) is 5.52 Å². The van der Waals surface area contributed by atoms with Crippen LogP contribution in [-0.4, -0.2) is 16.6 Å². The van der Waals surface area contributed by atoms with Gasteiger partial charge < -0.3 is 14.2 Å². The molecule has 0 radical (unpaired) electrons. The van der Waals surface area contributed by atoms with Crippen molar-refractivity contribution in [2.75, 3.05) is 12.4 Å². The van der Waals surface area contributed by atoms with Crippen molar-refractivity contribution >= 4 is 17.1 Å². The fourth-order valence-corrected chi connectivity index (χ4v) is 2.05. The Morgan fingerprint density at radius 1 is 1.32 bits per heavy atom. The molecule has 0 saturated heterocycles. The quantitative estimate of drug-likeness (QED) is 0.763. The van der Waals surface area contributed by atoms with E-state index in [4.69, 9.17) is 8.83 Å². The molecule has 2 heterocycles. The summed E-state index contributed by atoms with van der Waals surface area (Å²) in [7, 11) is 3.42. The Morgan fingerprint density at radius 2 is 2.11 bits per heavy atom. The zero-order valence-corrected chi connectivity index (χ0v) is 10.9. The zero-order valence-electron chi connectivity index (χ0n) is 10.9. The Labute approximate surface area is 108 Å². The molecule has 0 aliphatic heterocycles. The second-order valence-electron chi connectivity index (χ2n) is 4.28. The maximum atomic E-state index is 11.5. The molecule has 1 aromatic carbocycles. The maximum absolute atomic E-state index is 11.5. The summed E-state index contributed by atoms with van der Waals surface area (Å²) in [4.78, 5) is 15.8. The predicted molar refractivity (Wildman–Crippen MR) is 71.2 cm³/mol. The van der Waals surface area contributed by atoms with E-state index >= 15 is 0 Å². The number of fused-ring (bicyclic) bond motifs is 1. The van der Waals surface area contributed by atoms with Gasteiger partial charge in [-0.2, -0.15) is 4.98 Å². The van der Waals surface area contributed by atoms with Gasteiger partial charge in [-0.05, 0) is 25.1 Å². The zero-order chi connectivity index (χ0) is 13.6. The predicted octanol–water partition coefficient (Wildman–Crippen LogP) is 2.14.